The second-order valence-corrected chi connectivity index (χ2v) is 5.49. The minimum atomic E-state index is 0.398. The predicted octanol–water partition coefficient (Wildman–Crippen LogP) is 2.17. The maximum Gasteiger partial charge on any atom is 0.153 e. The van der Waals surface area contributed by atoms with Gasteiger partial charge >= 0.3 is 0 Å². The highest BCUT2D eigenvalue weighted by Crippen LogP contribution is 2.36. The first-order chi connectivity index (χ1) is 8.13. The SMILES string of the molecule is CC(C)c1nc(C2CCCCC2CN)n(C)n1. The predicted molar refractivity (Wildman–Crippen MR) is 68.8 cm³/mol. The standard InChI is InChI=1S/C13H24N4/c1-9(2)12-15-13(17(3)16-12)11-7-5-4-6-10(11)8-14/h9-11H,4-8,14H2,1-3H3. The van der Waals surface area contributed by atoms with Gasteiger partial charge in [-0.3, -0.25) is 4.68 Å². The lowest BCUT2D eigenvalue weighted by atomic mass is 9.79. The van der Waals surface area contributed by atoms with Gasteiger partial charge < -0.3 is 5.73 Å². The van der Waals surface area contributed by atoms with Crippen LogP contribution in [0.4, 0.5) is 0 Å². The number of rotatable bonds is 3. The zero-order valence-corrected chi connectivity index (χ0v) is 11.2. The molecule has 0 bridgehead atoms. The molecule has 4 nitrogen and oxygen atoms in total. The van der Waals surface area contributed by atoms with Gasteiger partial charge in [-0.15, -0.1) is 0 Å². The molecule has 1 heterocycles. The van der Waals surface area contributed by atoms with Gasteiger partial charge in [0.1, 0.15) is 5.82 Å². The molecule has 2 N–H and O–H groups in total. The average molecular weight is 236 g/mol. The Morgan fingerprint density at radius 1 is 1.35 bits per heavy atom. The van der Waals surface area contributed by atoms with E-state index in [-0.39, 0.29) is 0 Å². The molecule has 17 heavy (non-hydrogen) atoms. The Bertz CT molecular complexity index is 369. The molecule has 1 aromatic rings. The molecule has 4 heteroatoms. The van der Waals surface area contributed by atoms with Crippen LogP contribution in [0.25, 0.3) is 0 Å². The van der Waals surface area contributed by atoms with E-state index in [1.807, 2.05) is 11.7 Å². The van der Waals surface area contributed by atoms with Crippen molar-refractivity contribution < 1.29 is 0 Å². The van der Waals surface area contributed by atoms with Crippen molar-refractivity contribution in [1.82, 2.24) is 14.8 Å². The Labute approximate surface area is 104 Å². The second-order valence-electron chi connectivity index (χ2n) is 5.49. The molecular weight excluding hydrogens is 212 g/mol. The number of hydrogen-bond acceptors (Lipinski definition) is 3. The van der Waals surface area contributed by atoms with Gasteiger partial charge in [-0.1, -0.05) is 26.7 Å². The third-order valence-electron chi connectivity index (χ3n) is 3.87. The molecule has 1 fully saturated rings. The molecule has 0 aromatic carbocycles. The summed E-state index contributed by atoms with van der Waals surface area (Å²) in [4.78, 5) is 4.73. The van der Waals surface area contributed by atoms with E-state index in [1.54, 1.807) is 0 Å². The summed E-state index contributed by atoms with van der Waals surface area (Å²) in [5.74, 6) is 3.60. The summed E-state index contributed by atoms with van der Waals surface area (Å²) in [6.45, 7) is 5.05. The van der Waals surface area contributed by atoms with E-state index in [9.17, 15) is 0 Å². The van der Waals surface area contributed by atoms with Gasteiger partial charge in [-0.25, -0.2) is 4.98 Å². The van der Waals surface area contributed by atoms with Gasteiger partial charge in [0.2, 0.25) is 0 Å². The quantitative estimate of drug-likeness (QED) is 0.875. The molecule has 2 atom stereocenters. The molecule has 1 aromatic heterocycles. The van der Waals surface area contributed by atoms with E-state index in [0.29, 0.717) is 17.8 Å². The molecule has 0 spiro atoms. The molecule has 2 rings (SSSR count). The Balaban J connectivity index is 2.25. The average Bonchev–Trinajstić information content (AvgIpc) is 2.71. The minimum absolute atomic E-state index is 0.398. The lowest BCUT2D eigenvalue weighted by molar-refractivity contribution is 0.298. The molecule has 2 unspecified atom stereocenters. The molecule has 96 valence electrons. The number of aryl methyl sites for hydroxylation is 1. The lowest BCUT2D eigenvalue weighted by Gasteiger charge is -2.29. The van der Waals surface area contributed by atoms with Crippen molar-refractivity contribution >= 4 is 0 Å². The fraction of sp³-hybridized carbons (Fsp3) is 0.846. The van der Waals surface area contributed by atoms with Gasteiger partial charge in [0.25, 0.3) is 0 Å². The first kappa shape index (κ1) is 12.6. The van der Waals surface area contributed by atoms with Crippen LogP contribution in [0.5, 0.6) is 0 Å². The second kappa shape index (κ2) is 5.17. The molecule has 0 aliphatic heterocycles. The zero-order chi connectivity index (χ0) is 12.4. The van der Waals surface area contributed by atoms with Crippen molar-refractivity contribution in [2.45, 2.75) is 51.4 Å². The minimum Gasteiger partial charge on any atom is -0.330 e. The summed E-state index contributed by atoms with van der Waals surface area (Å²) in [6.07, 6.45) is 5.06. The Hall–Kier alpha value is -0.900. The largest absolute Gasteiger partial charge is 0.330 e. The zero-order valence-electron chi connectivity index (χ0n) is 11.2. The van der Waals surface area contributed by atoms with E-state index in [1.165, 1.54) is 25.7 Å². The van der Waals surface area contributed by atoms with Crippen LogP contribution in [0.2, 0.25) is 0 Å². The fourth-order valence-corrected chi connectivity index (χ4v) is 2.81. The number of hydrogen-bond donors (Lipinski definition) is 1. The monoisotopic (exact) mass is 236 g/mol. The van der Waals surface area contributed by atoms with Crippen molar-refractivity contribution in [2.24, 2.45) is 18.7 Å². The summed E-state index contributed by atoms with van der Waals surface area (Å²) in [5, 5.41) is 4.52. The van der Waals surface area contributed by atoms with E-state index in [2.05, 4.69) is 18.9 Å². The molecule has 1 saturated carbocycles. The summed E-state index contributed by atoms with van der Waals surface area (Å²) >= 11 is 0. The van der Waals surface area contributed by atoms with Crippen LogP contribution in [-0.2, 0) is 7.05 Å². The third kappa shape index (κ3) is 2.51. The van der Waals surface area contributed by atoms with Crippen molar-refractivity contribution in [3.05, 3.63) is 11.6 Å². The highest BCUT2D eigenvalue weighted by Gasteiger charge is 2.29. The van der Waals surface area contributed by atoms with E-state index >= 15 is 0 Å². The highest BCUT2D eigenvalue weighted by molar-refractivity contribution is 5.05. The maximum absolute atomic E-state index is 5.89. The smallest absolute Gasteiger partial charge is 0.153 e. The van der Waals surface area contributed by atoms with Crippen molar-refractivity contribution in [3.63, 3.8) is 0 Å². The van der Waals surface area contributed by atoms with Crippen LogP contribution < -0.4 is 5.73 Å². The number of nitrogens with zero attached hydrogens (tertiary/aromatic N) is 3. The lowest BCUT2D eigenvalue weighted by Crippen LogP contribution is -2.27. The molecule has 1 aliphatic rings. The molecule has 1 aliphatic carbocycles. The van der Waals surface area contributed by atoms with E-state index < -0.39 is 0 Å². The summed E-state index contributed by atoms with van der Waals surface area (Å²) in [5.41, 5.74) is 5.89. The molecule has 0 radical (unpaired) electrons. The van der Waals surface area contributed by atoms with E-state index in [4.69, 9.17) is 10.7 Å². The Kier molecular flexibility index (Phi) is 3.82. The summed E-state index contributed by atoms with van der Waals surface area (Å²) in [6, 6.07) is 0. The van der Waals surface area contributed by atoms with Gasteiger partial charge in [0.05, 0.1) is 0 Å². The first-order valence-electron chi connectivity index (χ1n) is 6.74. The van der Waals surface area contributed by atoms with Crippen LogP contribution in [0.1, 0.15) is 63.0 Å². The first-order valence-corrected chi connectivity index (χ1v) is 6.74. The summed E-state index contributed by atoms with van der Waals surface area (Å²) in [7, 11) is 2.01. The Morgan fingerprint density at radius 3 is 2.65 bits per heavy atom. The van der Waals surface area contributed by atoms with Crippen molar-refractivity contribution in [2.75, 3.05) is 6.54 Å². The van der Waals surface area contributed by atoms with Gasteiger partial charge in [-0.2, -0.15) is 5.10 Å². The van der Waals surface area contributed by atoms with Crippen molar-refractivity contribution in [3.8, 4) is 0 Å². The number of nitrogens with two attached hydrogens (primary N) is 1. The third-order valence-corrected chi connectivity index (χ3v) is 3.87. The van der Waals surface area contributed by atoms with Crippen LogP contribution in [-0.4, -0.2) is 21.3 Å². The van der Waals surface area contributed by atoms with E-state index in [0.717, 1.165) is 18.2 Å². The van der Waals surface area contributed by atoms with Crippen LogP contribution in [0.3, 0.4) is 0 Å². The van der Waals surface area contributed by atoms with Crippen LogP contribution in [0.15, 0.2) is 0 Å². The van der Waals surface area contributed by atoms with Crippen molar-refractivity contribution in [1.29, 1.82) is 0 Å². The molecular formula is C13H24N4. The molecule has 0 amide bonds. The fourth-order valence-electron chi connectivity index (χ4n) is 2.81. The van der Waals surface area contributed by atoms with Gasteiger partial charge in [-0.05, 0) is 25.3 Å². The summed E-state index contributed by atoms with van der Waals surface area (Å²) < 4.78 is 1.97. The van der Waals surface area contributed by atoms with Crippen LogP contribution >= 0.6 is 0 Å². The Morgan fingerprint density at radius 2 is 2.06 bits per heavy atom. The highest BCUT2D eigenvalue weighted by atomic mass is 15.3. The number of aromatic nitrogens is 3. The molecule has 0 saturated heterocycles. The van der Waals surface area contributed by atoms with Gasteiger partial charge in [0.15, 0.2) is 5.82 Å². The normalized spacial score (nSPS) is 25.5. The topological polar surface area (TPSA) is 56.7 Å². The van der Waals surface area contributed by atoms with Gasteiger partial charge in [0, 0.05) is 18.9 Å². The van der Waals surface area contributed by atoms with Crippen LogP contribution in [0, 0.1) is 5.92 Å². The maximum atomic E-state index is 5.89.